The predicted molar refractivity (Wildman–Crippen MR) is 67.4 cm³/mol. The number of anilines is 2. The van der Waals surface area contributed by atoms with Crippen molar-refractivity contribution in [1.82, 2.24) is 4.90 Å². The molecule has 2 N–H and O–H groups in total. The number of nitrogen functional groups attached to an aromatic ring is 1. The Balaban J connectivity index is 2.74. The molecule has 16 heavy (non-hydrogen) atoms. The molecule has 0 aromatic heterocycles. The average molecular weight is 218 g/mol. The van der Waals surface area contributed by atoms with E-state index in [9.17, 15) is 0 Å². The van der Waals surface area contributed by atoms with Crippen molar-refractivity contribution in [3.63, 3.8) is 0 Å². The third-order valence-electron chi connectivity index (χ3n) is 2.48. The molecule has 0 aliphatic rings. The molecule has 1 aromatic rings. The van der Waals surface area contributed by atoms with Crippen LogP contribution in [-0.2, 0) is 0 Å². The van der Waals surface area contributed by atoms with E-state index in [0.29, 0.717) is 11.3 Å². The minimum Gasteiger partial charge on any atom is -0.398 e. The molecule has 0 aliphatic heterocycles. The number of nitriles is 1. The summed E-state index contributed by atoms with van der Waals surface area (Å²) in [6.45, 7) is 1.91. The maximum atomic E-state index is 8.77. The molecule has 0 fully saturated rings. The molecule has 4 heteroatoms. The largest absolute Gasteiger partial charge is 0.398 e. The lowest BCUT2D eigenvalue weighted by atomic mass is 10.1. The highest BCUT2D eigenvalue weighted by atomic mass is 15.2. The average Bonchev–Trinajstić information content (AvgIpc) is 2.25. The second kappa shape index (κ2) is 5.38. The SMILES string of the molecule is CN(C)CCN(C)c1ccc(C#N)c(N)c1. The summed E-state index contributed by atoms with van der Waals surface area (Å²) in [5, 5.41) is 8.77. The summed E-state index contributed by atoms with van der Waals surface area (Å²) in [7, 11) is 6.10. The quantitative estimate of drug-likeness (QED) is 0.770. The van der Waals surface area contributed by atoms with E-state index in [2.05, 4.69) is 15.9 Å². The summed E-state index contributed by atoms with van der Waals surface area (Å²) in [5.74, 6) is 0. The molecule has 1 rings (SSSR count). The molecule has 0 heterocycles. The number of nitrogens with two attached hydrogens (primary N) is 1. The first-order valence-electron chi connectivity index (χ1n) is 5.20. The van der Waals surface area contributed by atoms with Crippen LogP contribution in [0.5, 0.6) is 0 Å². The van der Waals surface area contributed by atoms with Crippen molar-refractivity contribution in [2.45, 2.75) is 0 Å². The summed E-state index contributed by atoms with van der Waals surface area (Å²) in [6.07, 6.45) is 0. The molecule has 0 spiro atoms. The summed E-state index contributed by atoms with van der Waals surface area (Å²) in [4.78, 5) is 4.25. The molecule has 0 unspecified atom stereocenters. The molecule has 0 atom stereocenters. The zero-order chi connectivity index (χ0) is 12.1. The zero-order valence-electron chi connectivity index (χ0n) is 10.1. The Morgan fingerprint density at radius 2 is 1.94 bits per heavy atom. The molecule has 0 saturated carbocycles. The summed E-state index contributed by atoms with van der Waals surface area (Å²) in [6, 6.07) is 7.58. The number of hydrogen-bond donors (Lipinski definition) is 1. The van der Waals surface area contributed by atoms with Gasteiger partial charge in [-0.05, 0) is 32.3 Å². The van der Waals surface area contributed by atoms with Gasteiger partial charge in [-0.25, -0.2) is 0 Å². The highest BCUT2D eigenvalue weighted by molar-refractivity contribution is 5.63. The van der Waals surface area contributed by atoms with Crippen molar-refractivity contribution >= 4 is 11.4 Å². The van der Waals surface area contributed by atoms with Gasteiger partial charge in [0, 0.05) is 25.8 Å². The summed E-state index contributed by atoms with van der Waals surface area (Å²) >= 11 is 0. The van der Waals surface area contributed by atoms with Crippen molar-refractivity contribution in [2.24, 2.45) is 0 Å². The smallest absolute Gasteiger partial charge is 0.101 e. The highest BCUT2D eigenvalue weighted by Gasteiger charge is 2.04. The topological polar surface area (TPSA) is 56.3 Å². The number of nitrogens with zero attached hydrogens (tertiary/aromatic N) is 3. The van der Waals surface area contributed by atoms with Crippen LogP contribution in [0.15, 0.2) is 18.2 Å². The van der Waals surface area contributed by atoms with Crippen molar-refractivity contribution in [2.75, 3.05) is 44.9 Å². The van der Waals surface area contributed by atoms with Crippen LogP contribution >= 0.6 is 0 Å². The Morgan fingerprint density at radius 1 is 1.25 bits per heavy atom. The first-order valence-corrected chi connectivity index (χ1v) is 5.20. The highest BCUT2D eigenvalue weighted by Crippen LogP contribution is 2.19. The maximum Gasteiger partial charge on any atom is 0.101 e. The molecule has 86 valence electrons. The summed E-state index contributed by atoms with van der Waals surface area (Å²) < 4.78 is 0. The normalized spacial score (nSPS) is 10.2. The molecule has 4 nitrogen and oxygen atoms in total. The molecule has 0 saturated heterocycles. The van der Waals surface area contributed by atoms with Crippen molar-refractivity contribution in [1.29, 1.82) is 5.26 Å². The van der Waals surface area contributed by atoms with Gasteiger partial charge in [-0.15, -0.1) is 0 Å². The lowest BCUT2D eigenvalue weighted by Crippen LogP contribution is -2.28. The number of likely N-dealkylation sites (N-methyl/N-ethyl adjacent to an activating group) is 2. The van der Waals surface area contributed by atoms with Crippen LogP contribution in [0, 0.1) is 11.3 Å². The van der Waals surface area contributed by atoms with Gasteiger partial charge in [0.1, 0.15) is 6.07 Å². The van der Waals surface area contributed by atoms with Crippen molar-refractivity contribution in [3.05, 3.63) is 23.8 Å². The van der Waals surface area contributed by atoms with E-state index < -0.39 is 0 Å². The molecular formula is C12H18N4. The lowest BCUT2D eigenvalue weighted by Gasteiger charge is -2.22. The minimum atomic E-state index is 0.532. The third-order valence-corrected chi connectivity index (χ3v) is 2.48. The van der Waals surface area contributed by atoms with Crippen LogP contribution in [0.2, 0.25) is 0 Å². The second-order valence-electron chi connectivity index (χ2n) is 4.11. The van der Waals surface area contributed by atoms with Gasteiger partial charge < -0.3 is 15.5 Å². The van der Waals surface area contributed by atoms with Crippen LogP contribution in [0.1, 0.15) is 5.56 Å². The van der Waals surface area contributed by atoms with Crippen LogP contribution in [-0.4, -0.2) is 39.1 Å². The molecule has 1 aromatic carbocycles. The first kappa shape index (κ1) is 12.3. The van der Waals surface area contributed by atoms with E-state index in [4.69, 9.17) is 11.0 Å². The van der Waals surface area contributed by atoms with E-state index >= 15 is 0 Å². The van der Waals surface area contributed by atoms with Crippen molar-refractivity contribution in [3.8, 4) is 6.07 Å². The van der Waals surface area contributed by atoms with E-state index in [1.54, 1.807) is 6.07 Å². The van der Waals surface area contributed by atoms with Gasteiger partial charge in [0.2, 0.25) is 0 Å². The number of hydrogen-bond acceptors (Lipinski definition) is 4. The van der Waals surface area contributed by atoms with Gasteiger partial charge in [-0.3, -0.25) is 0 Å². The molecular weight excluding hydrogens is 200 g/mol. The Hall–Kier alpha value is -1.73. The molecule has 0 bridgehead atoms. The van der Waals surface area contributed by atoms with E-state index in [0.717, 1.165) is 18.8 Å². The summed E-state index contributed by atoms with van der Waals surface area (Å²) in [5.41, 5.74) is 7.88. The predicted octanol–water partition coefficient (Wildman–Crippen LogP) is 1.14. The Labute approximate surface area is 96.9 Å². The zero-order valence-corrected chi connectivity index (χ0v) is 10.1. The molecule has 0 amide bonds. The fraction of sp³-hybridized carbons (Fsp3) is 0.417. The van der Waals surface area contributed by atoms with Crippen LogP contribution < -0.4 is 10.6 Å². The van der Waals surface area contributed by atoms with Gasteiger partial charge in [0.05, 0.1) is 11.3 Å². The van der Waals surface area contributed by atoms with Crippen LogP contribution in [0.4, 0.5) is 11.4 Å². The molecule has 0 aliphatic carbocycles. The van der Waals surface area contributed by atoms with Crippen molar-refractivity contribution < 1.29 is 0 Å². The van der Waals surface area contributed by atoms with E-state index in [1.165, 1.54) is 0 Å². The van der Waals surface area contributed by atoms with Crippen LogP contribution in [0.25, 0.3) is 0 Å². The van der Waals surface area contributed by atoms with Crippen LogP contribution in [0.3, 0.4) is 0 Å². The van der Waals surface area contributed by atoms with Gasteiger partial charge >= 0.3 is 0 Å². The van der Waals surface area contributed by atoms with Gasteiger partial charge in [0.25, 0.3) is 0 Å². The number of benzene rings is 1. The van der Waals surface area contributed by atoms with Gasteiger partial charge in [-0.2, -0.15) is 5.26 Å². The third kappa shape index (κ3) is 3.14. The molecule has 0 radical (unpaired) electrons. The van der Waals surface area contributed by atoms with Gasteiger partial charge in [-0.1, -0.05) is 0 Å². The standard InChI is InChI=1S/C12H18N4/c1-15(2)6-7-16(3)11-5-4-10(9-13)12(14)8-11/h4-5,8H,6-7,14H2,1-3H3. The monoisotopic (exact) mass is 218 g/mol. The maximum absolute atomic E-state index is 8.77. The Bertz CT molecular complexity index is 392. The van der Waals surface area contributed by atoms with E-state index in [-0.39, 0.29) is 0 Å². The fourth-order valence-corrected chi connectivity index (χ4v) is 1.37. The Kier molecular flexibility index (Phi) is 4.15. The first-order chi connectivity index (χ1) is 7.54. The minimum absolute atomic E-state index is 0.532. The number of rotatable bonds is 4. The van der Waals surface area contributed by atoms with Gasteiger partial charge in [0.15, 0.2) is 0 Å². The lowest BCUT2D eigenvalue weighted by molar-refractivity contribution is 0.416. The fourth-order valence-electron chi connectivity index (χ4n) is 1.37. The Morgan fingerprint density at radius 3 is 2.44 bits per heavy atom. The second-order valence-corrected chi connectivity index (χ2v) is 4.11. The van der Waals surface area contributed by atoms with E-state index in [1.807, 2.05) is 33.3 Å².